The summed E-state index contributed by atoms with van der Waals surface area (Å²) in [5.41, 5.74) is 0.699. The minimum atomic E-state index is -0.295. The zero-order valence-corrected chi connectivity index (χ0v) is 12.7. The predicted molar refractivity (Wildman–Crippen MR) is 83.5 cm³/mol. The van der Waals surface area contributed by atoms with Gasteiger partial charge < -0.3 is 0 Å². The topological polar surface area (TPSA) is 34.9 Å². The summed E-state index contributed by atoms with van der Waals surface area (Å²) < 4.78 is 14.9. The first kappa shape index (κ1) is 13.9. The molecule has 0 fully saturated rings. The maximum atomic E-state index is 13.3. The van der Waals surface area contributed by atoms with Crippen LogP contribution in [0.25, 0.3) is 10.2 Å². The number of aryl methyl sites for hydroxylation is 2. The van der Waals surface area contributed by atoms with E-state index in [1.807, 2.05) is 19.1 Å². The van der Waals surface area contributed by atoms with Crippen LogP contribution in [0.15, 0.2) is 35.1 Å². The van der Waals surface area contributed by atoms with Crippen molar-refractivity contribution in [3.8, 4) is 0 Å². The summed E-state index contributed by atoms with van der Waals surface area (Å²) in [6.45, 7) is 4.21. The Morgan fingerprint density at radius 1 is 1.33 bits per heavy atom. The van der Waals surface area contributed by atoms with Crippen LogP contribution in [-0.2, 0) is 13.0 Å². The molecule has 0 aliphatic carbocycles. The van der Waals surface area contributed by atoms with E-state index in [0.29, 0.717) is 17.8 Å². The lowest BCUT2D eigenvalue weighted by atomic mass is 10.2. The van der Waals surface area contributed by atoms with Crippen molar-refractivity contribution in [1.82, 2.24) is 9.55 Å². The molecule has 0 spiro atoms. The van der Waals surface area contributed by atoms with Crippen molar-refractivity contribution in [1.29, 1.82) is 0 Å². The Bertz CT molecular complexity index is 866. The second kappa shape index (κ2) is 5.41. The molecule has 0 aliphatic heterocycles. The number of nitrogens with zero attached hydrogens (tertiary/aromatic N) is 2. The van der Waals surface area contributed by atoms with Crippen LogP contribution in [-0.4, -0.2) is 9.55 Å². The number of halogens is 1. The quantitative estimate of drug-likeness (QED) is 0.742. The summed E-state index contributed by atoms with van der Waals surface area (Å²) in [7, 11) is 0. The van der Waals surface area contributed by atoms with Crippen LogP contribution < -0.4 is 5.56 Å². The van der Waals surface area contributed by atoms with Gasteiger partial charge in [0.2, 0.25) is 0 Å². The monoisotopic (exact) mass is 302 g/mol. The van der Waals surface area contributed by atoms with E-state index in [1.165, 1.54) is 12.1 Å². The Balaban J connectivity index is 2.12. The molecule has 0 saturated carbocycles. The maximum absolute atomic E-state index is 13.3. The number of rotatable bonds is 3. The first-order valence-corrected chi connectivity index (χ1v) is 7.64. The number of aromatic nitrogens is 2. The highest BCUT2D eigenvalue weighted by Crippen LogP contribution is 2.22. The fourth-order valence-corrected chi connectivity index (χ4v) is 3.35. The normalized spacial score (nSPS) is 11.2. The van der Waals surface area contributed by atoms with Crippen LogP contribution in [0.5, 0.6) is 0 Å². The summed E-state index contributed by atoms with van der Waals surface area (Å²) in [6.07, 6.45) is 0.892. The zero-order chi connectivity index (χ0) is 15.0. The molecule has 2 aromatic heterocycles. The second-order valence-corrected chi connectivity index (χ2v) is 6.08. The van der Waals surface area contributed by atoms with Gasteiger partial charge in [-0.3, -0.25) is 9.36 Å². The van der Waals surface area contributed by atoms with E-state index in [0.717, 1.165) is 21.7 Å². The first-order chi connectivity index (χ1) is 10.1. The van der Waals surface area contributed by atoms with Gasteiger partial charge in [0, 0.05) is 4.88 Å². The fraction of sp³-hybridized carbons (Fsp3) is 0.250. The number of hydrogen-bond acceptors (Lipinski definition) is 3. The van der Waals surface area contributed by atoms with Crippen molar-refractivity contribution >= 4 is 21.6 Å². The van der Waals surface area contributed by atoms with Crippen molar-refractivity contribution in [2.45, 2.75) is 26.8 Å². The summed E-state index contributed by atoms with van der Waals surface area (Å²) in [6, 6.07) is 8.21. The molecule has 3 nitrogen and oxygen atoms in total. The van der Waals surface area contributed by atoms with Crippen molar-refractivity contribution < 1.29 is 4.39 Å². The number of thiophene rings is 1. The summed E-state index contributed by atoms with van der Waals surface area (Å²) in [4.78, 5) is 19.0. The molecule has 0 amide bonds. The lowest BCUT2D eigenvalue weighted by Gasteiger charge is -2.09. The third kappa shape index (κ3) is 2.61. The van der Waals surface area contributed by atoms with Crippen LogP contribution in [0, 0.1) is 12.7 Å². The molecule has 0 saturated heterocycles. The lowest BCUT2D eigenvalue weighted by molar-refractivity contribution is 0.621. The van der Waals surface area contributed by atoms with Crippen molar-refractivity contribution in [3.63, 3.8) is 0 Å². The molecule has 2 heterocycles. The Kier molecular flexibility index (Phi) is 3.59. The minimum Gasteiger partial charge on any atom is -0.292 e. The summed E-state index contributed by atoms with van der Waals surface area (Å²) >= 11 is 1.56. The molecule has 0 radical (unpaired) electrons. The van der Waals surface area contributed by atoms with Gasteiger partial charge in [0.05, 0.1) is 11.9 Å². The molecule has 0 N–H and O–H groups in total. The largest absolute Gasteiger partial charge is 0.292 e. The molecule has 3 aromatic rings. The average Bonchev–Trinajstić information content (AvgIpc) is 2.87. The van der Waals surface area contributed by atoms with Crippen LogP contribution in [0.4, 0.5) is 4.39 Å². The van der Waals surface area contributed by atoms with Gasteiger partial charge in [-0.1, -0.05) is 19.1 Å². The van der Waals surface area contributed by atoms with Crippen molar-refractivity contribution in [2.75, 3.05) is 0 Å². The summed E-state index contributed by atoms with van der Waals surface area (Å²) in [5.74, 6) is 0.359. The molecule has 0 unspecified atom stereocenters. The SMILES string of the molecule is CCc1cc2c(=O)n(Cc3cccc(F)c3)c(C)nc2s1. The third-order valence-corrected chi connectivity index (χ3v) is 4.64. The van der Waals surface area contributed by atoms with Gasteiger partial charge in [-0.2, -0.15) is 0 Å². The lowest BCUT2D eigenvalue weighted by Crippen LogP contribution is -2.23. The van der Waals surface area contributed by atoms with E-state index >= 15 is 0 Å². The maximum Gasteiger partial charge on any atom is 0.262 e. The number of benzene rings is 1. The average molecular weight is 302 g/mol. The molecule has 108 valence electrons. The highest BCUT2D eigenvalue weighted by molar-refractivity contribution is 7.18. The zero-order valence-electron chi connectivity index (χ0n) is 11.9. The third-order valence-electron chi connectivity index (χ3n) is 3.47. The van der Waals surface area contributed by atoms with E-state index < -0.39 is 0 Å². The Morgan fingerprint density at radius 2 is 2.14 bits per heavy atom. The smallest absolute Gasteiger partial charge is 0.262 e. The highest BCUT2D eigenvalue weighted by Gasteiger charge is 2.11. The van der Waals surface area contributed by atoms with Gasteiger partial charge in [-0.15, -0.1) is 11.3 Å². The van der Waals surface area contributed by atoms with Crippen molar-refractivity contribution in [3.05, 3.63) is 62.8 Å². The van der Waals surface area contributed by atoms with E-state index in [4.69, 9.17) is 0 Å². The molecule has 5 heteroatoms. The van der Waals surface area contributed by atoms with Crippen LogP contribution >= 0.6 is 11.3 Å². The van der Waals surface area contributed by atoms with Gasteiger partial charge in [-0.05, 0) is 37.1 Å². The molecule has 3 rings (SSSR count). The fourth-order valence-electron chi connectivity index (χ4n) is 2.35. The Morgan fingerprint density at radius 3 is 2.86 bits per heavy atom. The van der Waals surface area contributed by atoms with Crippen molar-refractivity contribution in [2.24, 2.45) is 0 Å². The first-order valence-electron chi connectivity index (χ1n) is 6.82. The van der Waals surface area contributed by atoms with E-state index in [9.17, 15) is 9.18 Å². The van der Waals surface area contributed by atoms with E-state index in [1.54, 1.807) is 22.0 Å². The van der Waals surface area contributed by atoms with Gasteiger partial charge in [0.25, 0.3) is 5.56 Å². The van der Waals surface area contributed by atoms with E-state index in [2.05, 4.69) is 11.9 Å². The second-order valence-electron chi connectivity index (χ2n) is 4.97. The molecule has 0 atom stereocenters. The highest BCUT2D eigenvalue weighted by atomic mass is 32.1. The van der Waals surface area contributed by atoms with Crippen LogP contribution in [0.1, 0.15) is 23.2 Å². The Hall–Kier alpha value is -2.01. The van der Waals surface area contributed by atoms with Crippen LogP contribution in [0.2, 0.25) is 0 Å². The molecular weight excluding hydrogens is 287 g/mol. The molecule has 0 aliphatic rings. The standard InChI is InChI=1S/C16H15FN2OS/c1-3-13-8-14-15(21-13)18-10(2)19(16(14)20)9-11-5-4-6-12(17)7-11/h4-8H,3,9H2,1-2H3. The van der Waals surface area contributed by atoms with Gasteiger partial charge in [0.15, 0.2) is 0 Å². The number of fused-ring (bicyclic) bond motifs is 1. The summed E-state index contributed by atoms with van der Waals surface area (Å²) in [5, 5.41) is 0.652. The van der Waals surface area contributed by atoms with Crippen LogP contribution in [0.3, 0.4) is 0 Å². The van der Waals surface area contributed by atoms with Gasteiger partial charge >= 0.3 is 0 Å². The predicted octanol–water partition coefficient (Wildman–Crippen LogP) is 3.52. The van der Waals surface area contributed by atoms with E-state index in [-0.39, 0.29) is 11.4 Å². The molecular formula is C16H15FN2OS. The Labute approximate surface area is 125 Å². The molecule has 0 bridgehead atoms. The molecule has 21 heavy (non-hydrogen) atoms. The van der Waals surface area contributed by atoms with Gasteiger partial charge in [0.1, 0.15) is 16.5 Å². The van der Waals surface area contributed by atoms with Gasteiger partial charge in [-0.25, -0.2) is 9.37 Å². The number of hydrogen-bond donors (Lipinski definition) is 0. The molecule has 1 aromatic carbocycles. The minimum absolute atomic E-state index is 0.0577.